The van der Waals surface area contributed by atoms with E-state index in [1.807, 2.05) is 0 Å². The second-order valence-electron chi connectivity index (χ2n) is 2.82. The number of hydrogen-bond acceptors (Lipinski definition) is 2. The second-order valence-corrected chi connectivity index (χ2v) is 2.82. The maximum absolute atomic E-state index is 11.5. The summed E-state index contributed by atoms with van der Waals surface area (Å²) in [6.45, 7) is 1.03. The third-order valence-corrected chi connectivity index (χ3v) is 1.01. The molecule has 0 aliphatic rings. The maximum atomic E-state index is 11.5. The zero-order valence-corrected chi connectivity index (χ0v) is 6.40. The number of rotatable bonds is 3. The minimum atomic E-state index is -4.33. The smallest absolute Gasteiger partial charge is 0.393 e. The molecule has 0 spiro atoms. The lowest BCUT2D eigenvalue weighted by Gasteiger charge is -2.23. The number of ether oxygens (including phenoxy) is 1. The fraction of sp³-hybridized carbons (Fsp3) is 1.00. The topological polar surface area (TPSA) is 29.5 Å². The molecule has 0 fully saturated rings. The normalized spacial score (nSPS) is 13.6. The average molecular weight is 172 g/mol. The predicted molar refractivity (Wildman–Crippen MR) is 33.2 cm³/mol. The quantitative estimate of drug-likeness (QED) is 0.696. The summed E-state index contributed by atoms with van der Waals surface area (Å²) in [7, 11) is 0. The van der Waals surface area contributed by atoms with Crippen LogP contribution in [0.25, 0.3) is 0 Å². The van der Waals surface area contributed by atoms with Crippen molar-refractivity contribution in [1.82, 2.24) is 0 Å². The van der Waals surface area contributed by atoms with E-state index in [4.69, 9.17) is 5.11 Å². The van der Waals surface area contributed by atoms with Crippen LogP contribution in [0.3, 0.4) is 0 Å². The first-order valence-electron chi connectivity index (χ1n) is 3.08. The van der Waals surface area contributed by atoms with E-state index in [0.29, 0.717) is 0 Å². The molecule has 68 valence electrons. The Morgan fingerprint density at radius 1 is 1.27 bits per heavy atom. The molecular formula is C6H11F3O2. The lowest BCUT2D eigenvalue weighted by atomic mass is 10.1. The summed E-state index contributed by atoms with van der Waals surface area (Å²) in [6.07, 6.45) is -4.33. The van der Waals surface area contributed by atoms with Crippen LogP contribution in [0, 0.1) is 0 Å². The Balaban J connectivity index is 3.70. The minimum absolute atomic E-state index is 0.428. The van der Waals surface area contributed by atoms with Crippen LogP contribution in [-0.2, 0) is 4.74 Å². The first kappa shape index (κ1) is 10.7. The summed E-state index contributed by atoms with van der Waals surface area (Å²) in [5, 5.41) is 8.50. The Bertz CT molecular complexity index is 119. The van der Waals surface area contributed by atoms with Crippen LogP contribution in [0.1, 0.15) is 13.8 Å². The number of halogens is 3. The van der Waals surface area contributed by atoms with Gasteiger partial charge < -0.3 is 9.84 Å². The standard InChI is InChI=1S/C6H11F3O2/c1-5(2,3-10)11-4-6(7,8)9/h10H,3-4H2,1-2H3. The number of aliphatic hydroxyl groups excluding tert-OH is 1. The van der Waals surface area contributed by atoms with Crippen molar-refractivity contribution < 1.29 is 23.0 Å². The molecule has 0 bridgehead atoms. The molecule has 0 atom stereocenters. The van der Waals surface area contributed by atoms with Gasteiger partial charge in [0.15, 0.2) is 0 Å². The Hall–Kier alpha value is -0.290. The van der Waals surface area contributed by atoms with Gasteiger partial charge in [0.05, 0.1) is 12.2 Å². The lowest BCUT2D eigenvalue weighted by Crippen LogP contribution is -2.33. The minimum Gasteiger partial charge on any atom is -0.393 e. The van der Waals surface area contributed by atoms with Crippen LogP contribution < -0.4 is 0 Å². The van der Waals surface area contributed by atoms with Gasteiger partial charge in [-0.1, -0.05) is 0 Å². The van der Waals surface area contributed by atoms with Crippen molar-refractivity contribution in [2.45, 2.75) is 25.6 Å². The Labute approximate surface area is 63.0 Å². The third kappa shape index (κ3) is 6.12. The summed E-state index contributed by atoms with van der Waals surface area (Å²) < 4.78 is 38.9. The largest absolute Gasteiger partial charge is 0.411 e. The first-order chi connectivity index (χ1) is 4.77. The highest BCUT2D eigenvalue weighted by atomic mass is 19.4. The van der Waals surface area contributed by atoms with Crippen LogP contribution >= 0.6 is 0 Å². The molecule has 0 aromatic heterocycles. The fourth-order valence-electron chi connectivity index (χ4n) is 0.323. The van der Waals surface area contributed by atoms with Crippen molar-refractivity contribution in [1.29, 1.82) is 0 Å². The van der Waals surface area contributed by atoms with Crippen LogP contribution in [-0.4, -0.2) is 30.1 Å². The van der Waals surface area contributed by atoms with Gasteiger partial charge in [-0.25, -0.2) is 0 Å². The Morgan fingerprint density at radius 2 is 1.73 bits per heavy atom. The molecule has 0 saturated heterocycles. The third-order valence-electron chi connectivity index (χ3n) is 1.01. The fourth-order valence-corrected chi connectivity index (χ4v) is 0.323. The number of aliphatic hydroxyl groups is 1. The molecule has 0 aromatic carbocycles. The molecule has 5 heteroatoms. The van der Waals surface area contributed by atoms with Crippen LogP contribution in [0.5, 0.6) is 0 Å². The molecule has 0 heterocycles. The van der Waals surface area contributed by atoms with Gasteiger partial charge in [0.1, 0.15) is 6.61 Å². The molecule has 0 unspecified atom stereocenters. The van der Waals surface area contributed by atoms with Gasteiger partial charge in [0.25, 0.3) is 0 Å². The van der Waals surface area contributed by atoms with Crippen molar-refractivity contribution in [3.05, 3.63) is 0 Å². The molecule has 0 aliphatic carbocycles. The average Bonchev–Trinajstić information content (AvgIpc) is 1.83. The van der Waals surface area contributed by atoms with E-state index >= 15 is 0 Å². The summed E-state index contributed by atoms with van der Waals surface area (Å²) in [6, 6.07) is 0. The Kier molecular flexibility index (Phi) is 3.31. The van der Waals surface area contributed by atoms with Crippen molar-refractivity contribution in [3.63, 3.8) is 0 Å². The molecule has 0 aliphatic heterocycles. The highest BCUT2D eigenvalue weighted by molar-refractivity contribution is 4.66. The van der Waals surface area contributed by atoms with Crippen molar-refractivity contribution in [2.75, 3.05) is 13.2 Å². The summed E-state index contributed by atoms with van der Waals surface area (Å²) in [5.74, 6) is 0. The van der Waals surface area contributed by atoms with Gasteiger partial charge in [-0.2, -0.15) is 13.2 Å². The number of hydrogen-bond donors (Lipinski definition) is 1. The Morgan fingerprint density at radius 3 is 2.00 bits per heavy atom. The highest BCUT2D eigenvalue weighted by Crippen LogP contribution is 2.18. The molecule has 0 saturated carbocycles. The number of alkyl halides is 3. The molecule has 0 radical (unpaired) electrons. The molecule has 0 aromatic rings. The SMILES string of the molecule is CC(C)(CO)OCC(F)(F)F. The summed E-state index contributed by atoms with van der Waals surface area (Å²) >= 11 is 0. The van der Waals surface area contributed by atoms with Gasteiger partial charge in [-0.15, -0.1) is 0 Å². The van der Waals surface area contributed by atoms with E-state index in [1.54, 1.807) is 0 Å². The van der Waals surface area contributed by atoms with E-state index in [9.17, 15) is 13.2 Å². The molecular weight excluding hydrogens is 161 g/mol. The lowest BCUT2D eigenvalue weighted by molar-refractivity contribution is -0.204. The van der Waals surface area contributed by atoms with Crippen LogP contribution in [0.15, 0.2) is 0 Å². The van der Waals surface area contributed by atoms with Crippen molar-refractivity contribution in [2.24, 2.45) is 0 Å². The molecule has 0 amide bonds. The summed E-state index contributed by atoms with van der Waals surface area (Å²) in [4.78, 5) is 0. The summed E-state index contributed by atoms with van der Waals surface area (Å²) in [5.41, 5.74) is -1.12. The molecule has 2 nitrogen and oxygen atoms in total. The van der Waals surface area contributed by atoms with Gasteiger partial charge in [0.2, 0.25) is 0 Å². The highest BCUT2D eigenvalue weighted by Gasteiger charge is 2.31. The van der Waals surface area contributed by atoms with E-state index in [-0.39, 0.29) is 0 Å². The van der Waals surface area contributed by atoms with Crippen LogP contribution in [0.2, 0.25) is 0 Å². The zero-order chi connectivity index (χ0) is 9.12. The van der Waals surface area contributed by atoms with Gasteiger partial charge in [0, 0.05) is 0 Å². The first-order valence-corrected chi connectivity index (χ1v) is 3.08. The van der Waals surface area contributed by atoms with E-state index in [2.05, 4.69) is 4.74 Å². The van der Waals surface area contributed by atoms with Gasteiger partial charge >= 0.3 is 6.18 Å². The molecule has 11 heavy (non-hydrogen) atoms. The van der Waals surface area contributed by atoms with E-state index in [0.717, 1.165) is 0 Å². The van der Waals surface area contributed by atoms with Crippen molar-refractivity contribution >= 4 is 0 Å². The monoisotopic (exact) mass is 172 g/mol. The maximum Gasteiger partial charge on any atom is 0.411 e. The van der Waals surface area contributed by atoms with Crippen LogP contribution in [0.4, 0.5) is 13.2 Å². The van der Waals surface area contributed by atoms with E-state index < -0.39 is 25.0 Å². The van der Waals surface area contributed by atoms with Crippen molar-refractivity contribution in [3.8, 4) is 0 Å². The molecule has 0 rings (SSSR count). The van der Waals surface area contributed by atoms with E-state index in [1.165, 1.54) is 13.8 Å². The van der Waals surface area contributed by atoms with Gasteiger partial charge in [-0.3, -0.25) is 0 Å². The second kappa shape index (κ2) is 3.40. The zero-order valence-electron chi connectivity index (χ0n) is 6.40. The molecule has 1 N–H and O–H groups in total. The van der Waals surface area contributed by atoms with Gasteiger partial charge in [-0.05, 0) is 13.8 Å². The predicted octanol–water partition coefficient (Wildman–Crippen LogP) is 1.34.